The van der Waals surface area contributed by atoms with Gasteiger partial charge in [-0.1, -0.05) is 54.1 Å². The van der Waals surface area contributed by atoms with E-state index in [-0.39, 0.29) is 17.9 Å². The lowest BCUT2D eigenvalue weighted by Gasteiger charge is -2.19. The zero-order valence-corrected chi connectivity index (χ0v) is 18.7. The number of hydrogen-bond donors (Lipinski definition) is 2. The zero-order valence-electron chi connectivity index (χ0n) is 17.2. The van der Waals surface area contributed by atoms with E-state index in [1.165, 1.54) is 17.7 Å². The van der Waals surface area contributed by atoms with Gasteiger partial charge in [0, 0.05) is 0 Å². The number of hydrogen-bond acceptors (Lipinski definition) is 5. The van der Waals surface area contributed by atoms with Gasteiger partial charge in [0.05, 0.1) is 33.1 Å². The Morgan fingerprint density at radius 3 is 2.56 bits per heavy atom. The summed E-state index contributed by atoms with van der Waals surface area (Å²) in [6, 6.07) is 18.0. The SMILES string of the molecule is Cc1cc(NC(=O)c2ccccc2Cl)sc1C(=O)NC(Cn1cncn1)c1ccccc1. The topological polar surface area (TPSA) is 88.9 Å². The van der Waals surface area contributed by atoms with Crippen LogP contribution < -0.4 is 10.6 Å². The van der Waals surface area contributed by atoms with Gasteiger partial charge in [-0.25, -0.2) is 4.98 Å². The fraction of sp³-hybridized carbons (Fsp3) is 0.130. The molecule has 0 fully saturated rings. The van der Waals surface area contributed by atoms with Crippen LogP contribution in [0.5, 0.6) is 0 Å². The first-order valence-corrected chi connectivity index (χ1v) is 11.0. The minimum Gasteiger partial charge on any atom is -0.343 e. The summed E-state index contributed by atoms with van der Waals surface area (Å²) in [5.74, 6) is -0.545. The number of aryl methyl sites for hydroxylation is 1. The third-order valence-corrected chi connectivity index (χ3v) is 6.30. The van der Waals surface area contributed by atoms with Gasteiger partial charge >= 0.3 is 0 Å². The van der Waals surface area contributed by atoms with Crippen molar-refractivity contribution in [2.24, 2.45) is 0 Å². The van der Waals surface area contributed by atoms with Crippen molar-refractivity contribution in [3.8, 4) is 0 Å². The maximum atomic E-state index is 13.1. The van der Waals surface area contributed by atoms with Crippen molar-refractivity contribution < 1.29 is 9.59 Å². The summed E-state index contributed by atoms with van der Waals surface area (Å²) in [6.45, 7) is 2.28. The van der Waals surface area contributed by atoms with Crippen LogP contribution in [0.4, 0.5) is 5.00 Å². The van der Waals surface area contributed by atoms with E-state index in [2.05, 4.69) is 20.7 Å². The Labute approximate surface area is 194 Å². The number of carbonyl (C=O) groups excluding carboxylic acids is 2. The van der Waals surface area contributed by atoms with Gasteiger partial charge in [-0.2, -0.15) is 5.10 Å². The number of carbonyl (C=O) groups is 2. The maximum absolute atomic E-state index is 13.1. The molecule has 4 aromatic rings. The average Bonchev–Trinajstić information content (AvgIpc) is 3.43. The molecule has 0 spiro atoms. The van der Waals surface area contributed by atoms with Crippen LogP contribution in [0.3, 0.4) is 0 Å². The molecule has 9 heteroatoms. The minimum atomic E-state index is -0.322. The Morgan fingerprint density at radius 1 is 1.09 bits per heavy atom. The normalized spacial score (nSPS) is 11.7. The molecule has 0 aliphatic heterocycles. The van der Waals surface area contributed by atoms with Gasteiger partial charge in [-0.05, 0) is 36.2 Å². The van der Waals surface area contributed by atoms with Crippen LogP contribution in [0.15, 0.2) is 73.3 Å². The number of aromatic nitrogens is 3. The summed E-state index contributed by atoms with van der Waals surface area (Å²) in [6.07, 6.45) is 3.07. The largest absolute Gasteiger partial charge is 0.343 e. The van der Waals surface area contributed by atoms with E-state index in [9.17, 15) is 9.59 Å². The lowest BCUT2D eigenvalue weighted by Crippen LogP contribution is -2.31. The summed E-state index contributed by atoms with van der Waals surface area (Å²) in [5, 5.41) is 11.0. The second kappa shape index (κ2) is 9.76. The Morgan fingerprint density at radius 2 is 1.84 bits per heavy atom. The van der Waals surface area contributed by atoms with Crippen LogP contribution in [-0.4, -0.2) is 26.6 Å². The molecule has 2 heterocycles. The van der Waals surface area contributed by atoms with Gasteiger partial charge in [0.25, 0.3) is 11.8 Å². The number of nitrogens with one attached hydrogen (secondary N) is 2. The highest BCUT2D eigenvalue weighted by Crippen LogP contribution is 2.28. The number of thiophene rings is 1. The number of anilines is 1. The van der Waals surface area contributed by atoms with Crippen molar-refractivity contribution >= 4 is 39.8 Å². The van der Waals surface area contributed by atoms with E-state index in [1.54, 1.807) is 41.3 Å². The maximum Gasteiger partial charge on any atom is 0.262 e. The molecule has 0 saturated carbocycles. The van der Waals surface area contributed by atoms with Crippen molar-refractivity contribution in [1.29, 1.82) is 0 Å². The molecule has 7 nitrogen and oxygen atoms in total. The summed E-state index contributed by atoms with van der Waals surface area (Å²) in [4.78, 5) is 30.2. The number of halogens is 1. The molecule has 2 N–H and O–H groups in total. The van der Waals surface area contributed by atoms with E-state index >= 15 is 0 Å². The molecule has 2 aromatic heterocycles. The van der Waals surface area contributed by atoms with E-state index in [1.807, 2.05) is 37.3 Å². The second-order valence-corrected chi connectivity index (χ2v) is 8.57. The summed E-state index contributed by atoms with van der Waals surface area (Å²) in [7, 11) is 0. The van der Waals surface area contributed by atoms with Gasteiger partial charge in [0.15, 0.2) is 0 Å². The Hall–Kier alpha value is -3.49. The first-order valence-electron chi connectivity index (χ1n) is 9.86. The molecule has 0 saturated heterocycles. The van der Waals surface area contributed by atoms with Crippen molar-refractivity contribution in [3.05, 3.63) is 99.9 Å². The van der Waals surface area contributed by atoms with Crippen LogP contribution in [0, 0.1) is 6.92 Å². The number of amides is 2. The lowest BCUT2D eigenvalue weighted by atomic mass is 10.1. The summed E-state index contributed by atoms with van der Waals surface area (Å²) in [5.41, 5.74) is 2.11. The number of rotatable bonds is 7. The van der Waals surface area contributed by atoms with Crippen LogP contribution in [-0.2, 0) is 6.54 Å². The molecule has 0 aliphatic carbocycles. The quantitative estimate of drug-likeness (QED) is 0.413. The highest BCUT2D eigenvalue weighted by atomic mass is 35.5. The van der Waals surface area contributed by atoms with Crippen LogP contribution in [0.2, 0.25) is 5.02 Å². The molecule has 0 aliphatic rings. The van der Waals surface area contributed by atoms with Gasteiger partial charge < -0.3 is 10.6 Å². The number of nitrogens with zero attached hydrogens (tertiary/aromatic N) is 3. The van der Waals surface area contributed by atoms with Crippen molar-refractivity contribution in [3.63, 3.8) is 0 Å². The monoisotopic (exact) mass is 465 g/mol. The fourth-order valence-electron chi connectivity index (χ4n) is 3.25. The molecular formula is C23H20ClN5O2S. The predicted octanol–water partition coefficient (Wildman–Crippen LogP) is 4.73. The zero-order chi connectivity index (χ0) is 22.5. The first kappa shape index (κ1) is 21.7. The molecule has 162 valence electrons. The van der Waals surface area contributed by atoms with Crippen molar-refractivity contribution in [1.82, 2.24) is 20.1 Å². The van der Waals surface area contributed by atoms with Crippen molar-refractivity contribution in [2.75, 3.05) is 5.32 Å². The number of benzene rings is 2. The van der Waals surface area contributed by atoms with Gasteiger partial charge in [0.2, 0.25) is 0 Å². The summed E-state index contributed by atoms with van der Waals surface area (Å²) >= 11 is 7.33. The molecular weight excluding hydrogens is 446 g/mol. The molecule has 2 aromatic carbocycles. The summed E-state index contributed by atoms with van der Waals surface area (Å²) < 4.78 is 1.68. The second-order valence-electron chi connectivity index (χ2n) is 7.11. The molecule has 1 atom stereocenters. The highest BCUT2D eigenvalue weighted by molar-refractivity contribution is 7.18. The van der Waals surface area contributed by atoms with E-state index in [0.717, 1.165) is 11.1 Å². The minimum absolute atomic E-state index is 0.222. The van der Waals surface area contributed by atoms with E-state index in [0.29, 0.717) is 27.0 Å². The van der Waals surface area contributed by atoms with Gasteiger partial charge in [0.1, 0.15) is 12.7 Å². The van der Waals surface area contributed by atoms with Gasteiger partial charge in [-0.3, -0.25) is 14.3 Å². The van der Waals surface area contributed by atoms with Gasteiger partial charge in [-0.15, -0.1) is 11.3 Å². The fourth-order valence-corrected chi connectivity index (χ4v) is 4.44. The predicted molar refractivity (Wildman–Crippen MR) is 125 cm³/mol. The Balaban J connectivity index is 1.51. The van der Waals surface area contributed by atoms with E-state index in [4.69, 9.17) is 11.6 Å². The molecule has 2 amide bonds. The first-order chi connectivity index (χ1) is 15.5. The lowest BCUT2D eigenvalue weighted by molar-refractivity contribution is 0.0934. The highest BCUT2D eigenvalue weighted by Gasteiger charge is 2.21. The average molecular weight is 466 g/mol. The van der Waals surface area contributed by atoms with Crippen LogP contribution in [0.25, 0.3) is 0 Å². The smallest absolute Gasteiger partial charge is 0.262 e. The molecule has 0 bridgehead atoms. The molecule has 4 rings (SSSR count). The Bertz CT molecular complexity index is 1220. The van der Waals surface area contributed by atoms with Crippen LogP contribution >= 0.6 is 22.9 Å². The van der Waals surface area contributed by atoms with Crippen molar-refractivity contribution in [2.45, 2.75) is 19.5 Å². The third-order valence-electron chi connectivity index (χ3n) is 4.82. The standard InChI is InChI=1S/C23H20ClN5O2S/c1-15-11-20(28-22(30)17-9-5-6-10-18(17)24)32-21(15)23(31)27-19(12-29-14-25-13-26-29)16-7-3-2-4-8-16/h2-11,13-14,19H,12H2,1H3,(H,27,31)(H,28,30). The molecule has 32 heavy (non-hydrogen) atoms. The van der Waals surface area contributed by atoms with Crippen LogP contribution in [0.1, 0.15) is 37.2 Å². The van der Waals surface area contributed by atoms with E-state index < -0.39 is 0 Å². The third kappa shape index (κ3) is 5.04. The Kier molecular flexibility index (Phi) is 6.63. The molecule has 1 unspecified atom stereocenters. The molecule has 0 radical (unpaired) electrons.